The molecule has 142 valence electrons. The van der Waals surface area contributed by atoms with E-state index >= 15 is 0 Å². The number of benzene rings is 1. The number of hydrazone groups is 1. The Morgan fingerprint density at radius 3 is 2.82 bits per heavy atom. The summed E-state index contributed by atoms with van der Waals surface area (Å²) in [7, 11) is 0. The van der Waals surface area contributed by atoms with Gasteiger partial charge in [0.2, 0.25) is 5.17 Å². The molecule has 0 atom stereocenters. The topological polar surface area (TPSA) is 82.0 Å². The first-order valence-electron chi connectivity index (χ1n) is 8.76. The number of nitrogens with zero attached hydrogens (tertiary/aromatic N) is 3. The number of halogens is 1. The van der Waals surface area contributed by atoms with Crippen LogP contribution in [0.1, 0.15) is 26.0 Å². The van der Waals surface area contributed by atoms with Crippen molar-refractivity contribution in [3.8, 4) is 11.3 Å². The first-order valence-corrected chi connectivity index (χ1v) is 9.95. The Kier molecular flexibility index (Phi) is 4.95. The molecule has 4 rings (SSSR count). The van der Waals surface area contributed by atoms with E-state index in [1.165, 1.54) is 22.8 Å². The van der Waals surface area contributed by atoms with E-state index in [0.29, 0.717) is 27.6 Å². The maximum Gasteiger partial charge on any atom is 0.283 e. The minimum atomic E-state index is -0.472. The molecular formula is C20H17ClN4O2S. The number of nitrogens with one attached hydrogen (secondary N) is 1. The molecule has 1 amide bonds. The lowest BCUT2D eigenvalue weighted by atomic mass is 10.1. The number of thioether (sulfide) groups is 1. The highest BCUT2D eigenvalue weighted by atomic mass is 35.5. The number of fused-ring (bicyclic) bond motifs is 1. The average Bonchev–Trinajstić information content (AvgIpc) is 3.25. The maximum atomic E-state index is 12.5. The van der Waals surface area contributed by atoms with Crippen molar-refractivity contribution in [3.63, 3.8) is 0 Å². The number of furan rings is 1. The fourth-order valence-electron chi connectivity index (χ4n) is 2.84. The molecule has 28 heavy (non-hydrogen) atoms. The molecule has 0 spiro atoms. The highest BCUT2D eigenvalue weighted by Crippen LogP contribution is 2.32. The Labute approximate surface area is 171 Å². The molecule has 8 heteroatoms. The lowest BCUT2D eigenvalue weighted by molar-refractivity contribution is -0.114. The van der Waals surface area contributed by atoms with E-state index in [2.05, 4.69) is 23.9 Å². The minimum absolute atomic E-state index is 0.00282. The molecule has 0 fully saturated rings. The van der Waals surface area contributed by atoms with Gasteiger partial charge in [0.25, 0.3) is 5.91 Å². The largest absolute Gasteiger partial charge is 0.457 e. The van der Waals surface area contributed by atoms with Crippen molar-refractivity contribution in [1.29, 1.82) is 5.41 Å². The number of hydrogen-bond donors (Lipinski definition) is 1. The third-order valence-corrected chi connectivity index (χ3v) is 5.39. The maximum absolute atomic E-state index is 12.5. The van der Waals surface area contributed by atoms with Gasteiger partial charge < -0.3 is 4.42 Å². The van der Waals surface area contributed by atoms with Crippen LogP contribution in [-0.2, 0) is 4.79 Å². The molecule has 2 aliphatic rings. The predicted octanol–water partition coefficient (Wildman–Crippen LogP) is 5.27. The number of carbonyl (C=O) groups excluding carboxylic acids is 1. The highest BCUT2D eigenvalue weighted by Gasteiger charge is 2.35. The normalized spacial score (nSPS) is 18.0. The summed E-state index contributed by atoms with van der Waals surface area (Å²) in [5.41, 5.74) is 0.900. The van der Waals surface area contributed by atoms with Crippen LogP contribution in [0, 0.1) is 11.3 Å². The van der Waals surface area contributed by atoms with Crippen molar-refractivity contribution in [2.75, 3.05) is 0 Å². The van der Waals surface area contributed by atoms with E-state index < -0.39 is 5.91 Å². The number of amides is 1. The van der Waals surface area contributed by atoms with Crippen molar-refractivity contribution in [1.82, 2.24) is 5.01 Å². The van der Waals surface area contributed by atoms with Gasteiger partial charge >= 0.3 is 0 Å². The van der Waals surface area contributed by atoms with E-state index in [1.54, 1.807) is 18.2 Å². The second-order valence-corrected chi connectivity index (χ2v) is 8.24. The lowest BCUT2D eigenvalue weighted by Gasteiger charge is -2.19. The molecule has 0 aliphatic carbocycles. The Morgan fingerprint density at radius 1 is 1.29 bits per heavy atom. The van der Waals surface area contributed by atoms with Crippen LogP contribution < -0.4 is 0 Å². The van der Waals surface area contributed by atoms with Gasteiger partial charge in [0.15, 0.2) is 5.84 Å². The van der Waals surface area contributed by atoms with Gasteiger partial charge in [0.1, 0.15) is 16.6 Å². The summed E-state index contributed by atoms with van der Waals surface area (Å²) < 4.78 is 5.82. The molecule has 1 aromatic heterocycles. The van der Waals surface area contributed by atoms with E-state index in [4.69, 9.17) is 21.4 Å². The van der Waals surface area contributed by atoms with Crippen molar-refractivity contribution < 1.29 is 9.21 Å². The Morgan fingerprint density at radius 2 is 2.07 bits per heavy atom. The van der Waals surface area contributed by atoms with Gasteiger partial charge in [-0.05, 0) is 48.0 Å². The fourth-order valence-corrected chi connectivity index (χ4v) is 4.17. The van der Waals surface area contributed by atoms with Crippen molar-refractivity contribution in [2.24, 2.45) is 16.0 Å². The Balaban J connectivity index is 1.63. The van der Waals surface area contributed by atoms with Gasteiger partial charge in [-0.25, -0.2) is 0 Å². The van der Waals surface area contributed by atoms with Gasteiger partial charge in [0.05, 0.1) is 10.6 Å². The van der Waals surface area contributed by atoms with Crippen LogP contribution in [0.3, 0.4) is 0 Å². The van der Waals surface area contributed by atoms with Gasteiger partial charge in [-0.15, -0.1) is 0 Å². The number of hydrogen-bond acceptors (Lipinski definition) is 5. The summed E-state index contributed by atoms with van der Waals surface area (Å²) in [6, 6.07) is 10.9. The summed E-state index contributed by atoms with van der Waals surface area (Å²) in [6.45, 7) is 4.19. The van der Waals surface area contributed by atoms with Crippen molar-refractivity contribution >= 4 is 51.4 Å². The van der Waals surface area contributed by atoms with Crippen molar-refractivity contribution in [3.05, 3.63) is 52.8 Å². The number of carbonyl (C=O) groups is 1. The van der Waals surface area contributed by atoms with Crippen LogP contribution >= 0.6 is 23.4 Å². The first-order chi connectivity index (χ1) is 13.4. The third kappa shape index (κ3) is 3.55. The lowest BCUT2D eigenvalue weighted by Crippen LogP contribution is -2.35. The van der Waals surface area contributed by atoms with Crippen LogP contribution in [-0.4, -0.2) is 27.0 Å². The van der Waals surface area contributed by atoms with E-state index in [9.17, 15) is 4.79 Å². The second-order valence-electron chi connectivity index (χ2n) is 6.79. The molecule has 2 aliphatic heterocycles. The predicted molar refractivity (Wildman–Crippen MR) is 114 cm³/mol. The summed E-state index contributed by atoms with van der Waals surface area (Å²) in [5, 5.41) is 16.1. The summed E-state index contributed by atoms with van der Waals surface area (Å²) in [6.07, 6.45) is 2.30. The van der Waals surface area contributed by atoms with Gasteiger partial charge in [0, 0.05) is 12.0 Å². The van der Waals surface area contributed by atoms with Gasteiger partial charge in [-0.1, -0.05) is 37.6 Å². The molecular weight excluding hydrogens is 396 g/mol. The quantitative estimate of drug-likeness (QED) is 0.694. The molecule has 6 nitrogen and oxygen atoms in total. The van der Waals surface area contributed by atoms with Crippen LogP contribution in [0.15, 0.2) is 56.5 Å². The Bertz CT molecular complexity index is 1070. The molecule has 0 unspecified atom stereocenters. The average molecular weight is 413 g/mol. The van der Waals surface area contributed by atoms with Crippen LogP contribution in [0.25, 0.3) is 17.4 Å². The number of rotatable bonds is 4. The van der Waals surface area contributed by atoms with Crippen LogP contribution in [0.5, 0.6) is 0 Å². The molecule has 0 radical (unpaired) electrons. The zero-order valence-electron chi connectivity index (χ0n) is 15.3. The standard InChI is InChI=1S/C20H17ClN4O2S/c1-11(2)9-17-24-25-18(22)14(19(26)23-20(25)28-17)10-12-7-8-16(27-12)13-5-3-4-6-15(13)21/h3-8,10-11,22H,9H2,1-2H3. The highest BCUT2D eigenvalue weighted by molar-refractivity contribution is 8.26. The second kappa shape index (κ2) is 7.41. The smallest absolute Gasteiger partial charge is 0.283 e. The molecule has 0 saturated carbocycles. The molecule has 1 aromatic carbocycles. The zero-order chi connectivity index (χ0) is 19.8. The third-order valence-electron chi connectivity index (χ3n) is 4.13. The van der Waals surface area contributed by atoms with Gasteiger partial charge in [-0.3, -0.25) is 10.2 Å². The number of amidine groups is 2. The fraction of sp³-hybridized carbons (Fsp3) is 0.200. The van der Waals surface area contributed by atoms with Crippen LogP contribution in [0.4, 0.5) is 0 Å². The monoisotopic (exact) mass is 412 g/mol. The van der Waals surface area contributed by atoms with E-state index in [0.717, 1.165) is 17.0 Å². The van der Waals surface area contributed by atoms with Crippen molar-refractivity contribution in [2.45, 2.75) is 20.3 Å². The SMILES string of the molecule is CC(C)CC1=NN2C(=N)C(=Cc3ccc(-c4ccccc4Cl)o3)C(=O)N=C2S1. The first kappa shape index (κ1) is 18.7. The summed E-state index contributed by atoms with van der Waals surface area (Å²) >= 11 is 7.55. The number of aliphatic imine (C=N–C) groups is 1. The minimum Gasteiger partial charge on any atom is -0.457 e. The van der Waals surface area contributed by atoms with Gasteiger partial charge in [-0.2, -0.15) is 15.1 Å². The van der Waals surface area contributed by atoms with E-state index in [1.807, 2.05) is 18.2 Å². The summed E-state index contributed by atoms with van der Waals surface area (Å²) in [4.78, 5) is 16.6. The van der Waals surface area contributed by atoms with E-state index in [-0.39, 0.29) is 11.4 Å². The molecule has 1 N–H and O–H groups in total. The molecule has 2 aromatic rings. The van der Waals surface area contributed by atoms with Crippen LogP contribution in [0.2, 0.25) is 5.02 Å². The molecule has 0 saturated heterocycles. The molecule has 3 heterocycles. The summed E-state index contributed by atoms with van der Waals surface area (Å²) in [5.74, 6) is 0.988. The molecule has 0 bridgehead atoms. The zero-order valence-corrected chi connectivity index (χ0v) is 16.8. The Hall–Kier alpha value is -2.64.